The normalized spacial score (nSPS) is 24.0. The van der Waals surface area contributed by atoms with Crippen LogP contribution in [0, 0.1) is 0 Å². The molecule has 0 spiro atoms. The first-order valence-electron chi connectivity index (χ1n) is 8.34. The second kappa shape index (κ2) is 7.31. The zero-order valence-electron chi connectivity index (χ0n) is 13.6. The van der Waals surface area contributed by atoms with E-state index in [0.717, 1.165) is 38.3 Å². The summed E-state index contributed by atoms with van der Waals surface area (Å²) in [6.45, 7) is 8.67. The molecule has 1 aromatic rings. The molecule has 3 rings (SSSR count). The smallest absolute Gasteiger partial charge is 0.0767 e. The molecule has 0 radical (unpaired) electrons. The lowest BCUT2D eigenvalue weighted by Crippen LogP contribution is -2.45. The van der Waals surface area contributed by atoms with E-state index in [1.165, 1.54) is 31.9 Å². The summed E-state index contributed by atoms with van der Waals surface area (Å²) < 4.78 is 6.09. The van der Waals surface area contributed by atoms with Crippen molar-refractivity contribution in [1.82, 2.24) is 9.80 Å². The number of nitrogen functional groups attached to an aromatic ring is 1. The molecule has 0 aromatic heterocycles. The second-order valence-corrected chi connectivity index (χ2v) is 6.46. The molecule has 1 aromatic carbocycles. The van der Waals surface area contributed by atoms with Gasteiger partial charge in [0.2, 0.25) is 0 Å². The van der Waals surface area contributed by atoms with Gasteiger partial charge in [0, 0.05) is 57.2 Å². The number of ether oxygens (including phenoxy) is 1. The molecule has 2 aliphatic rings. The van der Waals surface area contributed by atoms with E-state index in [0.29, 0.717) is 6.10 Å². The van der Waals surface area contributed by atoms with Gasteiger partial charge in [-0.2, -0.15) is 0 Å². The monoisotopic (exact) mass is 304 g/mol. The maximum Gasteiger partial charge on any atom is 0.0767 e. The number of nitrogens with two attached hydrogens (primary N) is 1. The molecule has 122 valence electrons. The third-order valence-electron chi connectivity index (χ3n) is 4.76. The number of piperazine rings is 1. The molecule has 2 heterocycles. The van der Waals surface area contributed by atoms with Crippen LogP contribution in [0.25, 0.3) is 0 Å². The Hall–Kier alpha value is -1.30. The van der Waals surface area contributed by atoms with Crippen molar-refractivity contribution in [2.24, 2.45) is 0 Å². The Kier molecular flexibility index (Phi) is 5.18. The van der Waals surface area contributed by atoms with Gasteiger partial charge in [-0.15, -0.1) is 0 Å². The van der Waals surface area contributed by atoms with Gasteiger partial charge in [0.25, 0.3) is 0 Å². The molecule has 0 amide bonds. The van der Waals surface area contributed by atoms with Crippen LogP contribution in [0.5, 0.6) is 0 Å². The molecule has 2 saturated heterocycles. The lowest BCUT2D eigenvalue weighted by atomic mass is 10.2. The third kappa shape index (κ3) is 4.12. The van der Waals surface area contributed by atoms with Gasteiger partial charge < -0.3 is 20.3 Å². The van der Waals surface area contributed by atoms with Gasteiger partial charge in [0.05, 0.1) is 12.7 Å². The molecule has 0 bridgehead atoms. The molecule has 22 heavy (non-hydrogen) atoms. The first-order chi connectivity index (χ1) is 10.7. The fraction of sp³-hybridized carbons (Fsp3) is 0.647. The summed E-state index contributed by atoms with van der Waals surface area (Å²) in [6, 6.07) is 8.14. The van der Waals surface area contributed by atoms with Crippen LogP contribution in [0.3, 0.4) is 0 Å². The number of hydrogen-bond acceptors (Lipinski definition) is 5. The van der Waals surface area contributed by atoms with Gasteiger partial charge in [-0.1, -0.05) is 0 Å². The SMILES string of the molecule is CN1CCN(CCOC2CCN(c3ccc(N)cc3)C2)CC1. The van der Waals surface area contributed by atoms with Crippen LogP contribution >= 0.6 is 0 Å². The number of nitrogens with zero attached hydrogens (tertiary/aromatic N) is 3. The summed E-state index contributed by atoms with van der Waals surface area (Å²) in [7, 11) is 2.19. The average molecular weight is 304 g/mol. The molecule has 1 unspecified atom stereocenters. The number of benzene rings is 1. The van der Waals surface area contributed by atoms with Crippen molar-refractivity contribution in [1.29, 1.82) is 0 Å². The predicted octanol–water partition coefficient (Wildman–Crippen LogP) is 1.11. The van der Waals surface area contributed by atoms with Crippen LogP contribution in [0.1, 0.15) is 6.42 Å². The Labute approximate surface area is 133 Å². The minimum atomic E-state index is 0.366. The molecule has 2 fully saturated rings. The van der Waals surface area contributed by atoms with Gasteiger partial charge in [0.15, 0.2) is 0 Å². The highest BCUT2D eigenvalue weighted by molar-refractivity contribution is 5.53. The molecular formula is C17H28N4O. The Morgan fingerprint density at radius 1 is 1.09 bits per heavy atom. The number of rotatable bonds is 5. The molecule has 5 nitrogen and oxygen atoms in total. The van der Waals surface area contributed by atoms with E-state index in [-0.39, 0.29) is 0 Å². The largest absolute Gasteiger partial charge is 0.399 e. The van der Waals surface area contributed by atoms with Crippen LogP contribution in [-0.4, -0.2) is 75.4 Å². The molecule has 0 aliphatic carbocycles. The van der Waals surface area contributed by atoms with Gasteiger partial charge in [-0.05, 0) is 37.7 Å². The summed E-state index contributed by atoms with van der Waals surface area (Å²) in [5, 5.41) is 0. The van der Waals surface area contributed by atoms with E-state index in [4.69, 9.17) is 10.5 Å². The first kappa shape index (κ1) is 15.6. The van der Waals surface area contributed by atoms with Gasteiger partial charge >= 0.3 is 0 Å². The van der Waals surface area contributed by atoms with E-state index in [9.17, 15) is 0 Å². The van der Waals surface area contributed by atoms with E-state index in [1.54, 1.807) is 0 Å². The van der Waals surface area contributed by atoms with Crippen molar-refractivity contribution >= 4 is 11.4 Å². The first-order valence-corrected chi connectivity index (χ1v) is 8.34. The topological polar surface area (TPSA) is 45.0 Å². The van der Waals surface area contributed by atoms with Crippen molar-refractivity contribution in [3.63, 3.8) is 0 Å². The lowest BCUT2D eigenvalue weighted by Gasteiger charge is -2.32. The van der Waals surface area contributed by atoms with Crippen LogP contribution in [0.2, 0.25) is 0 Å². The Balaban J connectivity index is 1.37. The standard InChI is InChI=1S/C17H28N4O/c1-19-8-10-20(11-9-19)12-13-22-17-6-7-21(14-17)16-4-2-15(18)3-5-16/h2-5,17H,6-14,18H2,1H3. The van der Waals surface area contributed by atoms with Crippen molar-refractivity contribution in [3.05, 3.63) is 24.3 Å². The highest BCUT2D eigenvalue weighted by Crippen LogP contribution is 2.22. The Morgan fingerprint density at radius 3 is 2.55 bits per heavy atom. The third-order valence-corrected chi connectivity index (χ3v) is 4.76. The Morgan fingerprint density at radius 2 is 1.82 bits per heavy atom. The fourth-order valence-electron chi connectivity index (χ4n) is 3.20. The average Bonchev–Trinajstić information content (AvgIpc) is 2.99. The van der Waals surface area contributed by atoms with Crippen LogP contribution < -0.4 is 10.6 Å². The summed E-state index contributed by atoms with van der Waals surface area (Å²) in [5.41, 5.74) is 7.82. The molecule has 5 heteroatoms. The van der Waals surface area contributed by atoms with E-state index >= 15 is 0 Å². The van der Waals surface area contributed by atoms with Crippen LogP contribution in [0.15, 0.2) is 24.3 Å². The Bertz CT molecular complexity index is 456. The zero-order valence-corrected chi connectivity index (χ0v) is 13.6. The second-order valence-electron chi connectivity index (χ2n) is 6.46. The number of likely N-dealkylation sites (N-methyl/N-ethyl adjacent to an activating group) is 1. The summed E-state index contributed by atoms with van der Waals surface area (Å²) >= 11 is 0. The predicted molar refractivity (Wildman–Crippen MR) is 91.4 cm³/mol. The number of hydrogen-bond donors (Lipinski definition) is 1. The highest BCUT2D eigenvalue weighted by Gasteiger charge is 2.23. The van der Waals surface area contributed by atoms with Gasteiger partial charge in [-0.25, -0.2) is 0 Å². The minimum absolute atomic E-state index is 0.366. The van der Waals surface area contributed by atoms with E-state index in [1.807, 2.05) is 12.1 Å². The van der Waals surface area contributed by atoms with Crippen molar-refractivity contribution in [3.8, 4) is 0 Å². The summed E-state index contributed by atoms with van der Waals surface area (Å²) in [6.07, 6.45) is 1.48. The van der Waals surface area contributed by atoms with E-state index < -0.39 is 0 Å². The van der Waals surface area contributed by atoms with E-state index in [2.05, 4.69) is 33.9 Å². The van der Waals surface area contributed by atoms with Crippen molar-refractivity contribution < 1.29 is 4.74 Å². The van der Waals surface area contributed by atoms with Crippen LogP contribution in [0.4, 0.5) is 11.4 Å². The lowest BCUT2D eigenvalue weighted by molar-refractivity contribution is 0.0405. The number of anilines is 2. The molecule has 2 N–H and O–H groups in total. The van der Waals surface area contributed by atoms with Crippen LogP contribution in [-0.2, 0) is 4.74 Å². The quantitative estimate of drug-likeness (QED) is 0.826. The summed E-state index contributed by atoms with van der Waals surface area (Å²) in [4.78, 5) is 7.28. The molecule has 0 saturated carbocycles. The molecule has 1 atom stereocenters. The minimum Gasteiger partial charge on any atom is -0.399 e. The highest BCUT2D eigenvalue weighted by atomic mass is 16.5. The van der Waals surface area contributed by atoms with Crippen molar-refractivity contribution in [2.45, 2.75) is 12.5 Å². The summed E-state index contributed by atoms with van der Waals surface area (Å²) in [5.74, 6) is 0. The fourth-order valence-corrected chi connectivity index (χ4v) is 3.20. The van der Waals surface area contributed by atoms with Gasteiger partial charge in [-0.3, -0.25) is 4.90 Å². The molecule has 2 aliphatic heterocycles. The zero-order chi connectivity index (χ0) is 15.4. The van der Waals surface area contributed by atoms with Gasteiger partial charge in [0.1, 0.15) is 0 Å². The maximum absolute atomic E-state index is 6.09. The maximum atomic E-state index is 6.09. The molecular weight excluding hydrogens is 276 g/mol. The van der Waals surface area contributed by atoms with Crippen molar-refractivity contribution in [2.75, 3.05) is 70.1 Å².